The Bertz CT molecular complexity index is 844. The molecule has 0 saturated carbocycles. The maximum atomic E-state index is 12.3. The quantitative estimate of drug-likeness (QED) is 0.378. The zero-order valence-corrected chi connectivity index (χ0v) is 19.8. The van der Waals surface area contributed by atoms with Crippen molar-refractivity contribution in [2.24, 2.45) is 29.4 Å². The lowest BCUT2D eigenvalue weighted by Gasteiger charge is -2.34. The lowest BCUT2D eigenvalue weighted by molar-refractivity contribution is -0.146. The largest absolute Gasteiger partial charge is 0.460 e. The van der Waals surface area contributed by atoms with Gasteiger partial charge in [0, 0.05) is 31.5 Å². The molecule has 0 aliphatic carbocycles. The van der Waals surface area contributed by atoms with E-state index >= 15 is 0 Å². The number of cyclic esters (lactones) is 1. The summed E-state index contributed by atoms with van der Waals surface area (Å²) in [4.78, 5) is 15.6. The van der Waals surface area contributed by atoms with Crippen molar-refractivity contribution in [3.05, 3.63) is 36.0 Å². The fraction of sp³-hybridized carbons (Fsp3) is 0.654. The number of fused-ring (bicyclic) bond motifs is 1. The summed E-state index contributed by atoms with van der Waals surface area (Å²) in [6, 6.07) is 8.72. The number of carbonyl (C=O) groups excluding carboxylic acids is 1. The molecule has 0 amide bonds. The number of methoxy groups -OCH3 is 1. The monoisotopic (exact) mass is 428 g/mol. The van der Waals surface area contributed by atoms with Crippen LogP contribution in [0.1, 0.15) is 64.9 Å². The Morgan fingerprint density at radius 3 is 2.65 bits per heavy atom. The molecule has 1 aromatic carbocycles. The van der Waals surface area contributed by atoms with Gasteiger partial charge in [-0.05, 0) is 72.4 Å². The molecule has 1 aliphatic rings. The molecule has 5 heteroatoms. The van der Waals surface area contributed by atoms with Gasteiger partial charge in [-0.15, -0.1) is 0 Å². The highest BCUT2D eigenvalue weighted by molar-refractivity contribution is 5.80. The first-order chi connectivity index (χ1) is 14.8. The Morgan fingerprint density at radius 2 is 2.00 bits per heavy atom. The number of aromatic nitrogens is 1. The second kappa shape index (κ2) is 10.6. The second-order valence-corrected chi connectivity index (χ2v) is 9.93. The molecular formula is C26H40N2O3. The SMILES string of the molecule is COCCCC(c1ccc2cc[nH]c2c1)[C@@H](C[C@H](N)[C@@H]1C[C@@H](C(C)C)C(=O)O1)C(C)C. The highest BCUT2D eigenvalue weighted by Crippen LogP contribution is 2.40. The first-order valence-electron chi connectivity index (χ1n) is 11.8. The number of ether oxygens (including phenoxy) is 2. The van der Waals surface area contributed by atoms with E-state index in [1.54, 1.807) is 7.11 Å². The van der Waals surface area contributed by atoms with Crippen molar-refractivity contribution in [3.63, 3.8) is 0 Å². The summed E-state index contributed by atoms with van der Waals surface area (Å²) in [7, 11) is 1.76. The van der Waals surface area contributed by atoms with Gasteiger partial charge in [-0.3, -0.25) is 4.79 Å². The molecule has 5 nitrogen and oxygen atoms in total. The van der Waals surface area contributed by atoms with Crippen molar-refractivity contribution < 1.29 is 14.3 Å². The molecular weight excluding hydrogens is 388 g/mol. The van der Waals surface area contributed by atoms with Crippen LogP contribution in [0.2, 0.25) is 0 Å². The van der Waals surface area contributed by atoms with Gasteiger partial charge >= 0.3 is 5.97 Å². The topological polar surface area (TPSA) is 77.3 Å². The standard InChI is InChI=1S/C26H40N2O3/c1-16(2)21(14-23(27)25-15-22(17(3)4)26(29)31-25)20(7-6-12-30-5)19-9-8-18-10-11-28-24(18)13-19/h8-11,13,16-17,20-23,25,28H,6-7,12,14-15,27H2,1-5H3/t20?,21-,22-,23-,25-/m0/s1. The van der Waals surface area contributed by atoms with Crippen molar-refractivity contribution in [2.75, 3.05) is 13.7 Å². The molecule has 1 aromatic heterocycles. The zero-order valence-electron chi connectivity index (χ0n) is 19.8. The van der Waals surface area contributed by atoms with E-state index in [2.05, 4.69) is 56.9 Å². The fourth-order valence-electron chi connectivity index (χ4n) is 5.18. The van der Waals surface area contributed by atoms with E-state index in [4.69, 9.17) is 15.2 Å². The summed E-state index contributed by atoms with van der Waals surface area (Å²) in [6.07, 6.45) is 5.47. The molecule has 0 spiro atoms. The van der Waals surface area contributed by atoms with Crippen LogP contribution in [0, 0.1) is 23.7 Å². The fourth-order valence-corrected chi connectivity index (χ4v) is 5.18. The third-order valence-electron chi connectivity index (χ3n) is 7.13. The van der Waals surface area contributed by atoms with Crippen molar-refractivity contribution in [1.82, 2.24) is 4.98 Å². The molecule has 3 rings (SSSR count). The van der Waals surface area contributed by atoms with Crippen LogP contribution in [0.3, 0.4) is 0 Å². The minimum absolute atomic E-state index is 0.0265. The van der Waals surface area contributed by atoms with Crippen LogP contribution >= 0.6 is 0 Å². The van der Waals surface area contributed by atoms with E-state index in [1.165, 1.54) is 16.5 Å². The Labute approximate surface area is 187 Å². The summed E-state index contributed by atoms with van der Waals surface area (Å²) >= 11 is 0. The molecule has 0 bridgehead atoms. The molecule has 172 valence electrons. The molecule has 0 radical (unpaired) electrons. The Kier molecular flexibility index (Phi) is 8.17. The second-order valence-electron chi connectivity index (χ2n) is 9.93. The minimum Gasteiger partial charge on any atom is -0.460 e. The van der Waals surface area contributed by atoms with Gasteiger partial charge in [0.2, 0.25) is 0 Å². The molecule has 1 fully saturated rings. The van der Waals surface area contributed by atoms with Crippen LogP contribution in [0.5, 0.6) is 0 Å². The number of nitrogens with two attached hydrogens (primary N) is 1. The van der Waals surface area contributed by atoms with E-state index in [9.17, 15) is 4.79 Å². The normalized spacial score (nSPS) is 22.3. The number of rotatable bonds is 11. The maximum Gasteiger partial charge on any atom is 0.309 e. The maximum absolute atomic E-state index is 12.3. The smallest absolute Gasteiger partial charge is 0.309 e. The van der Waals surface area contributed by atoms with Crippen LogP contribution in [-0.4, -0.2) is 36.8 Å². The summed E-state index contributed by atoms with van der Waals surface area (Å²) < 4.78 is 11.1. The van der Waals surface area contributed by atoms with E-state index in [0.29, 0.717) is 23.7 Å². The van der Waals surface area contributed by atoms with Gasteiger partial charge in [0.25, 0.3) is 0 Å². The lowest BCUT2D eigenvalue weighted by Crippen LogP contribution is -2.38. The van der Waals surface area contributed by atoms with E-state index < -0.39 is 0 Å². The number of hydrogen-bond donors (Lipinski definition) is 2. The van der Waals surface area contributed by atoms with E-state index in [1.807, 2.05) is 6.20 Å². The van der Waals surface area contributed by atoms with Crippen LogP contribution in [0.4, 0.5) is 0 Å². The van der Waals surface area contributed by atoms with Gasteiger partial charge in [-0.25, -0.2) is 0 Å². The Morgan fingerprint density at radius 1 is 1.23 bits per heavy atom. The van der Waals surface area contributed by atoms with Crippen molar-refractivity contribution in [2.45, 2.75) is 71.4 Å². The highest BCUT2D eigenvalue weighted by atomic mass is 16.6. The number of esters is 1. The number of carbonyl (C=O) groups is 1. The van der Waals surface area contributed by atoms with Gasteiger partial charge in [0.1, 0.15) is 6.10 Å². The highest BCUT2D eigenvalue weighted by Gasteiger charge is 2.40. The van der Waals surface area contributed by atoms with Gasteiger partial charge in [0.05, 0.1) is 5.92 Å². The molecule has 5 atom stereocenters. The van der Waals surface area contributed by atoms with E-state index in [-0.39, 0.29) is 24.0 Å². The average Bonchev–Trinajstić information content (AvgIpc) is 3.35. The van der Waals surface area contributed by atoms with Crippen LogP contribution in [0.15, 0.2) is 30.5 Å². The third kappa shape index (κ3) is 5.69. The Balaban J connectivity index is 1.80. The molecule has 3 N–H and O–H groups in total. The lowest BCUT2D eigenvalue weighted by atomic mass is 9.73. The van der Waals surface area contributed by atoms with Crippen molar-refractivity contribution >= 4 is 16.9 Å². The minimum atomic E-state index is -0.174. The van der Waals surface area contributed by atoms with Crippen molar-refractivity contribution in [3.8, 4) is 0 Å². The van der Waals surface area contributed by atoms with E-state index in [0.717, 1.165) is 32.3 Å². The number of benzene rings is 1. The molecule has 2 aromatic rings. The number of aromatic amines is 1. The molecule has 2 heterocycles. The number of nitrogens with one attached hydrogen (secondary N) is 1. The van der Waals surface area contributed by atoms with Gasteiger partial charge < -0.3 is 20.2 Å². The zero-order chi connectivity index (χ0) is 22.5. The van der Waals surface area contributed by atoms with Crippen molar-refractivity contribution in [1.29, 1.82) is 0 Å². The van der Waals surface area contributed by atoms with Gasteiger partial charge in [0.15, 0.2) is 0 Å². The van der Waals surface area contributed by atoms with Crippen LogP contribution in [0.25, 0.3) is 10.9 Å². The molecule has 1 unspecified atom stereocenters. The first-order valence-corrected chi connectivity index (χ1v) is 11.8. The first kappa shape index (κ1) is 23.8. The molecule has 1 aliphatic heterocycles. The Hall–Kier alpha value is -1.85. The van der Waals surface area contributed by atoms with Crippen LogP contribution in [-0.2, 0) is 14.3 Å². The third-order valence-corrected chi connectivity index (χ3v) is 7.13. The number of H-pyrrole nitrogens is 1. The summed E-state index contributed by atoms with van der Waals surface area (Å²) in [5.74, 6) is 1.44. The van der Waals surface area contributed by atoms with Gasteiger partial charge in [-0.2, -0.15) is 0 Å². The summed E-state index contributed by atoms with van der Waals surface area (Å²) in [6.45, 7) is 9.49. The molecule has 1 saturated heterocycles. The van der Waals surface area contributed by atoms with Gasteiger partial charge in [-0.1, -0.05) is 39.8 Å². The summed E-state index contributed by atoms with van der Waals surface area (Å²) in [5, 5.41) is 1.23. The number of hydrogen-bond acceptors (Lipinski definition) is 4. The summed E-state index contributed by atoms with van der Waals surface area (Å²) in [5.41, 5.74) is 9.20. The predicted molar refractivity (Wildman–Crippen MR) is 126 cm³/mol. The molecule has 31 heavy (non-hydrogen) atoms. The van der Waals surface area contributed by atoms with Crippen LogP contribution < -0.4 is 5.73 Å². The average molecular weight is 429 g/mol. The predicted octanol–water partition coefficient (Wildman–Crippen LogP) is 5.26.